The van der Waals surface area contributed by atoms with Gasteiger partial charge in [-0.2, -0.15) is 0 Å². The number of rotatable bonds is 9. The Morgan fingerprint density at radius 2 is 1.81 bits per heavy atom. The van der Waals surface area contributed by atoms with Crippen molar-refractivity contribution >= 4 is 23.7 Å². The van der Waals surface area contributed by atoms with E-state index < -0.39 is 17.8 Å². The number of carboxylic acid groups (broad SMARTS) is 1. The lowest BCUT2D eigenvalue weighted by Crippen LogP contribution is -2.33. The van der Waals surface area contributed by atoms with Gasteiger partial charge >= 0.3 is 5.97 Å². The fraction of sp³-hybridized carbons (Fsp3) is 0.500. The van der Waals surface area contributed by atoms with Crippen LogP contribution in [0.5, 0.6) is 0 Å². The quantitative estimate of drug-likeness (QED) is 0.647. The average Bonchev–Trinajstić information content (AvgIpc) is 2.86. The SMILES string of the molecule is CCCCN1C(=O)c2ccc(C(=O)NCC(CC(C)C)C(=O)O)cc2C1=O. The van der Waals surface area contributed by atoms with Crippen LogP contribution in [0.15, 0.2) is 18.2 Å². The van der Waals surface area contributed by atoms with E-state index in [4.69, 9.17) is 0 Å². The highest BCUT2D eigenvalue weighted by Crippen LogP contribution is 2.24. The van der Waals surface area contributed by atoms with Gasteiger partial charge in [-0.1, -0.05) is 27.2 Å². The highest BCUT2D eigenvalue weighted by Gasteiger charge is 2.35. The Morgan fingerprint density at radius 1 is 1.15 bits per heavy atom. The lowest BCUT2D eigenvalue weighted by Gasteiger charge is -2.15. The molecule has 0 fully saturated rings. The van der Waals surface area contributed by atoms with Crippen LogP contribution in [-0.2, 0) is 4.79 Å². The van der Waals surface area contributed by atoms with Gasteiger partial charge in [0.2, 0.25) is 0 Å². The third-order valence-electron chi connectivity index (χ3n) is 4.58. The van der Waals surface area contributed by atoms with Gasteiger partial charge in [-0.25, -0.2) is 0 Å². The number of fused-ring (bicyclic) bond motifs is 1. The molecule has 1 aromatic rings. The highest BCUT2D eigenvalue weighted by molar-refractivity contribution is 6.22. The van der Waals surface area contributed by atoms with Gasteiger partial charge in [0.25, 0.3) is 17.7 Å². The largest absolute Gasteiger partial charge is 0.481 e. The molecule has 2 rings (SSSR count). The number of benzene rings is 1. The third-order valence-corrected chi connectivity index (χ3v) is 4.58. The Hall–Kier alpha value is -2.70. The first-order valence-electron chi connectivity index (χ1n) is 9.27. The van der Waals surface area contributed by atoms with Crippen molar-refractivity contribution in [3.63, 3.8) is 0 Å². The van der Waals surface area contributed by atoms with E-state index in [1.165, 1.54) is 23.1 Å². The van der Waals surface area contributed by atoms with Crippen LogP contribution in [0.2, 0.25) is 0 Å². The van der Waals surface area contributed by atoms with Gasteiger partial charge in [0, 0.05) is 18.7 Å². The van der Waals surface area contributed by atoms with E-state index >= 15 is 0 Å². The second-order valence-electron chi connectivity index (χ2n) is 7.25. The number of hydrogen-bond acceptors (Lipinski definition) is 4. The summed E-state index contributed by atoms with van der Waals surface area (Å²) in [6, 6.07) is 4.38. The number of hydrogen-bond donors (Lipinski definition) is 2. The smallest absolute Gasteiger partial charge is 0.308 e. The van der Waals surface area contributed by atoms with Gasteiger partial charge in [0.1, 0.15) is 0 Å². The summed E-state index contributed by atoms with van der Waals surface area (Å²) in [7, 11) is 0. The van der Waals surface area contributed by atoms with Gasteiger partial charge in [-0.15, -0.1) is 0 Å². The average molecular weight is 374 g/mol. The molecule has 0 aliphatic carbocycles. The molecule has 2 N–H and O–H groups in total. The number of imide groups is 1. The van der Waals surface area contributed by atoms with Crippen molar-refractivity contribution in [1.82, 2.24) is 10.2 Å². The minimum atomic E-state index is -0.953. The summed E-state index contributed by atoms with van der Waals surface area (Å²) in [4.78, 5) is 49.7. The number of carbonyl (C=O) groups is 4. The minimum Gasteiger partial charge on any atom is -0.481 e. The highest BCUT2D eigenvalue weighted by atomic mass is 16.4. The van der Waals surface area contributed by atoms with E-state index in [1.54, 1.807) is 0 Å². The summed E-state index contributed by atoms with van der Waals surface area (Å²) < 4.78 is 0. The van der Waals surface area contributed by atoms with Crippen LogP contribution in [0.4, 0.5) is 0 Å². The molecule has 0 saturated heterocycles. The summed E-state index contributed by atoms with van der Waals surface area (Å²) in [5, 5.41) is 11.9. The fourth-order valence-electron chi connectivity index (χ4n) is 3.11. The normalized spacial score (nSPS) is 14.4. The Labute approximate surface area is 158 Å². The first kappa shape index (κ1) is 20.6. The van der Waals surface area contributed by atoms with Crippen molar-refractivity contribution < 1.29 is 24.3 Å². The zero-order valence-corrected chi connectivity index (χ0v) is 15.9. The Morgan fingerprint density at radius 3 is 2.41 bits per heavy atom. The van der Waals surface area contributed by atoms with Gasteiger partial charge in [-0.05, 0) is 37.0 Å². The molecule has 0 spiro atoms. The number of nitrogens with zero attached hydrogens (tertiary/aromatic N) is 1. The maximum atomic E-state index is 12.5. The zero-order chi connectivity index (χ0) is 20.1. The summed E-state index contributed by atoms with van der Waals surface area (Å²) in [6.45, 7) is 6.19. The fourth-order valence-corrected chi connectivity index (χ4v) is 3.11. The maximum absolute atomic E-state index is 12.5. The van der Waals surface area contributed by atoms with Crippen LogP contribution >= 0.6 is 0 Å². The first-order valence-corrected chi connectivity index (χ1v) is 9.27. The molecule has 0 aromatic heterocycles. The standard InChI is InChI=1S/C20H26N2O5/c1-4-5-8-22-18(24)15-7-6-13(10-16(15)19(22)25)17(23)21-11-14(20(26)27)9-12(2)3/h6-7,10,12,14H,4-5,8-9,11H2,1-3H3,(H,21,23)(H,26,27). The molecule has 1 aromatic carbocycles. The lowest BCUT2D eigenvalue weighted by atomic mass is 9.97. The lowest BCUT2D eigenvalue weighted by molar-refractivity contribution is -0.142. The molecule has 1 unspecified atom stereocenters. The number of aliphatic carboxylic acids is 1. The van der Waals surface area contributed by atoms with E-state index in [1.807, 2.05) is 20.8 Å². The summed E-state index contributed by atoms with van der Waals surface area (Å²) in [5.74, 6) is -2.61. The molecule has 27 heavy (non-hydrogen) atoms. The van der Waals surface area contributed by atoms with Crippen molar-refractivity contribution in [2.45, 2.75) is 40.0 Å². The van der Waals surface area contributed by atoms with Gasteiger partial charge in [-0.3, -0.25) is 24.1 Å². The predicted molar refractivity (Wildman–Crippen MR) is 99.6 cm³/mol. The van der Waals surface area contributed by atoms with Gasteiger partial charge in [0.05, 0.1) is 17.0 Å². The minimum absolute atomic E-state index is 0.0128. The van der Waals surface area contributed by atoms with Crippen LogP contribution in [0.25, 0.3) is 0 Å². The van der Waals surface area contributed by atoms with Crippen LogP contribution in [0, 0.1) is 11.8 Å². The third kappa shape index (κ3) is 4.72. The second kappa shape index (κ2) is 8.79. The van der Waals surface area contributed by atoms with Crippen molar-refractivity contribution in [2.75, 3.05) is 13.1 Å². The molecule has 1 heterocycles. The summed E-state index contributed by atoms with van der Waals surface area (Å²) in [6.07, 6.45) is 2.05. The van der Waals surface area contributed by atoms with Crippen molar-refractivity contribution in [2.24, 2.45) is 11.8 Å². The molecule has 0 bridgehead atoms. The number of carbonyl (C=O) groups excluding carboxylic acids is 3. The van der Waals surface area contributed by atoms with Crippen LogP contribution in [0.1, 0.15) is 71.1 Å². The Bertz CT molecular complexity index is 757. The molecule has 3 amide bonds. The molecular formula is C20H26N2O5. The van der Waals surface area contributed by atoms with E-state index in [9.17, 15) is 24.3 Å². The Balaban J connectivity index is 2.10. The van der Waals surface area contributed by atoms with Crippen LogP contribution < -0.4 is 5.32 Å². The van der Waals surface area contributed by atoms with Crippen molar-refractivity contribution in [1.29, 1.82) is 0 Å². The molecule has 0 saturated carbocycles. The summed E-state index contributed by atoms with van der Waals surface area (Å²) >= 11 is 0. The van der Waals surface area contributed by atoms with Crippen molar-refractivity contribution in [3.8, 4) is 0 Å². The zero-order valence-electron chi connectivity index (χ0n) is 15.9. The summed E-state index contributed by atoms with van der Waals surface area (Å²) in [5.41, 5.74) is 0.762. The number of amides is 3. The van der Waals surface area contributed by atoms with Crippen LogP contribution in [0.3, 0.4) is 0 Å². The number of carboxylic acids is 1. The molecule has 1 aliphatic rings. The van der Waals surface area contributed by atoms with E-state index in [-0.39, 0.29) is 35.4 Å². The monoisotopic (exact) mass is 374 g/mol. The Kier molecular flexibility index (Phi) is 6.71. The molecular weight excluding hydrogens is 348 g/mol. The molecule has 146 valence electrons. The molecule has 1 atom stereocenters. The molecule has 7 heteroatoms. The maximum Gasteiger partial charge on any atom is 0.308 e. The van der Waals surface area contributed by atoms with E-state index in [2.05, 4.69) is 5.32 Å². The second-order valence-corrected chi connectivity index (χ2v) is 7.25. The molecule has 1 aliphatic heterocycles. The van der Waals surface area contributed by atoms with Crippen molar-refractivity contribution in [3.05, 3.63) is 34.9 Å². The van der Waals surface area contributed by atoms with Crippen LogP contribution in [-0.4, -0.2) is 46.8 Å². The van der Waals surface area contributed by atoms with Gasteiger partial charge < -0.3 is 10.4 Å². The van der Waals surface area contributed by atoms with Gasteiger partial charge in [0.15, 0.2) is 0 Å². The number of unbranched alkanes of at least 4 members (excludes halogenated alkanes) is 1. The van der Waals surface area contributed by atoms with E-state index in [0.29, 0.717) is 18.5 Å². The van der Waals surface area contributed by atoms with E-state index in [0.717, 1.165) is 12.8 Å². The predicted octanol–water partition coefficient (Wildman–Crippen LogP) is 2.56. The molecule has 0 radical (unpaired) electrons. The first-order chi connectivity index (χ1) is 12.8. The number of nitrogens with one attached hydrogen (secondary N) is 1. The molecule has 7 nitrogen and oxygen atoms in total. The topological polar surface area (TPSA) is 104 Å².